The highest BCUT2D eigenvalue weighted by atomic mass is 32.2. The lowest BCUT2D eigenvalue weighted by Crippen LogP contribution is -2.35. The van der Waals surface area contributed by atoms with Gasteiger partial charge in [-0.15, -0.1) is 11.3 Å². The van der Waals surface area contributed by atoms with Gasteiger partial charge in [-0.05, 0) is 79.4 Å². The van der Waals surface area contributed by atoms with Crippen molar-refractivity contribution in [3.63, 3.8) is 0 Å². The van der Waals surface area contributed by atoms with Gasteiger partial charge in [0.2, 0.25) is 15.9 Å². The molecule has 2 heterocycles. The predicted molar refractivity (Wildman–Crippen MR) is 131 cm³/mol. The van der Waals surface area contributed by atoms with Gasteiger partial charge in [-0.1, -0.05) is 12.1 Å². The molecule has 176 valence electrons. The molecule has 0 atom stereocenters. The number of nitrogens with two attached hydrogens (primary N) is 1. The zero-order valence-electron chi connectivity index (χ0n) is 18.0. The van der Waals surface area contributed by atoms with E-state index in [1.54, 1.807) is 16.7 Å². The van der Waals surface area contributed by atoms with Crippen molar-refractivity contribution in [2.45, 2.75) is 43.5 Å². The number of hydrogen-bond donors (Lipinski definition) is 3. The number of aromatic amines is 1. The second-order valence-electron chi connectivity index (χ2n) is 8.46. The van der Waals surface area contributed by atoms with E-state index in [-0.39, 0.29) is 22.3 Å². The minimum absolute atomic E-state index is 0.0305. The Morgan fingerprint density at radius 1 is 1.18 bits per heavy atom. The molecule has 0 radical (unpaired) electrons. The summed E-state index contributed by atoms with van der Waals surface area (Å²) >= 11 is 6.81. The fourth-order valence-electron chi connectivity index (χ4n) is 4.32. The number of fused-ring (bicyclic) bond motifs is 1. The van der Waals surface area contributed by atoms with Crippen molar-refractivity contribution in [1.82, 2.24) is 14.9 Å². The van der Waals surface area contributed by atoms with E-state index in [1.807, 2.05) is 11.4 Å². The van der Waals surface area contributed by atoms with Crippen molar-refractivity contribution in [2.75, 3.05) is 6.54 Å². The van der Waals surface area contributed by atoms with E-state index in [4.69, 9.17) is 17.4 Å². The molecular formula is C22H26N4O4S3. The zero-order chi connectivity index (χ0) is 23.6. The average molecular weight is 507 g/mol. The van der Waals surface area contributed by atoms with Gasteiger partial charge in [0.05, 0.1) is 10.4 Å². The first-order chi connectivity index (χ1) is 15.7. The summed E-state index contributed by atoms with van der Waals surface area (Å²) in [7, 11) is -3.70. The molecule has 1 amide bonds. The Bertz CT molecular complexity index is 1370. The highest BCUT2D eigenvalue weighted by Crippen LogP contribution is 2.30. The van der Waals surface area contributed by atoms with Crippen molar-refractivity contribution in [3.8, 4) is 0 Å². The van der Waals surface area contributed by atoms with Crippen LogP contribution in [0.5, 0.6) is 0 Å². The highest BCUT2D eigenvalue weighted by Gasteiger charge is 2.27. The predicted octanol–water partition coefficient (Wildman–Crippen LogP) is 2.93. The molecular weight excluding hydrogens is 480 g/mol. The quantitative estimate of drug-likeness (QED) is 0.425. The van der Waals surface area contributed by atoms with Gasteiger partial charge in [0, 0.05) is 19.0 Å². The summed E-state index contributed by atoms with van der Waals surface area (Å²) < 4.78 is 25.4. The van der Waals surface area contributed by atoms with E-state index in [2.05, 4.69) is 10.3 Å². The highest BCUT2D eigenvalue weighted by molar-refractivity contribution is 7.89. The first kappa shape index (κ1) is 23.8. The van der Waals surface area contributed by atoms with Crippen molar-refractivity contribution >= 4 is 49.7 Å². The number of benzene rings is 1. The number of hydrogen-bond acceptors (Lipinski definition) is 6. The van der Waals surface area contributed by atoms with Crippen LogP contribution in [-0.2, 0) is 27.8 Å². The fourth-order valence-corrected chi connectivity index (χ4v) is 5.90. The number of sulfonamides is 1. The largest absolute Gasteiger partial charge is 0.356 e. The van der Waals surface area contributed by atoms with Crippen LogP contribution >= 0.6 is 23.6 Å². The summed E-state index contributed by atoms with van der Waals surface area (Å²) in [6, 6.07) is 8.22. The van der Waals surface area contributed by atoms with Crippen molar-refractivity contribution < 1.29 is 13.2 Å². The van der Waals surface area contributed by atoms with Crippen LogP contribution in [0.15, 0.2) is 45.4 Å². The summed E-state index contributed by atoms with van der Waals surface area (Å²) in [5.41, 5.74) is 1.67. The Hall–Kier alpha value is -2.34. The van der Waals surface area contributed by atoms with E-state index < -0.39 is 10.0 Å². The third-order valence-electron chi connectivity index (χ3n) is 6.21. The van der Waals surface area contributed by atoms with Gasteiger partial charge in [0.25, 0.3) is 5.56 Å². The summed E-state index contributed by atoms with van der Waals surface area (Å²) in [5, 5.41) is 9.97. The summed E-state index contributed by atoms with van der Waals surface area (Å²) in [6.45, 7) is 1.06. The molecule has 11 heteroatoms. The van der Waals surface area contributed by atoms with Crippen LogP contribution in [0, 0.1) is 16.6 Å². The SMILES string of the molecule is NS(=O)(=O)c1ccc(CCNC(=O)C2CCC(Cn3c(=S)[nH]c4ccsc4c3=O)CC2)cc1. The average Bonchev–Trinajstić information content (AvgIpc) is 3.25. The molecule has 1 fully saturated rings. The normalized spacial score (nSPS) is 18.9. The Kier molecular flexibility index (Phi) is 7.13. The number of aromatic nitrogens is 2. The Morgan fingerprint density at radius 3 is 2.55 bits per heavy atom. The number of nitrogens with one attached hydrogen (secondary N) is 2. The van der Waals surface area contributed by atoms with Crippen molar-refractivity contribution in [3.05, 3.63) is 56.4 Å². The Morgan fingerprint density at radius 2 is 1.88 bits per heavy atom. The van der Waals surface area contributed by atoms with Gasteiger partial charge in [-0.2, -0.15) is 0 Å². The van der Waals surface area contributed by atoms with Crippen LogP contribution in [0.3, 0.4) is 0 Å². The number of carbonyl (C=O) groups is 1. The zero-order valence-corrected chi connectivity index (χ0v) is 20.4. The van der Waals surface area contributed by atoms with E-state index in [0.717, 1.165) is 36.8 Å². The maximum absolute atomic E-state index is 12.7. The minimum Gasteiger partial charge on any atom is -0.356 e. The molecule has 8 nitrogen and oxygen atoms in total. The van der Waals surface area contributed by atoms with E-state index in [9.17, 15) is 18.0 Å². The van der Waals surface area contributed by atoms with Crippen LogP contribution in [0.2, 0.25) is 0 Å². The lowest BCUT2D eigenvalue weighted by molar-refractivity contribution is -0.126. The number of H-pyrrole nitrogens is 1. The third-order valence-corrected chi connectivity index (χ3v) is 8.37. The minimum atomic E-state index is -3.70. The standard InChI is InChI=1S/C22H26N4O4S3/c23-33(29,30)17-7-3-14(4-8-17)9-11-24-20(27)16-5-1-15(2-6-16)13-26-21(28)19-18(10-12-32-19)25-22(26)31/h3-4,7-8,10,12,15-16H,1-2,5-6,9,11,13H2,(H,24,27)(H,25,31)(H2,23,29,30). The smallest absolute Gasteiger partial charge is 0.272 e. The van der Waals surface area contributed by atoms with E-state index in [1.165, 1.54) is 23.5 Å². The summed E-state index contributed by atoms with van der Waals surface area (Å²) in [4.78, 5) is 28.5. The molecule has 1 aliphatic rings. The van der Waals surface area contributed by atoms with Crippen molar-refractivity contribution in [2.24, 2.45) is 17.0 Å². The lowest BCUT2D eigenvalue weighted by atomic mass is 9.81. The van der Waals surface area contributed by atoms with Gasteiger partial charge in [-0.25, -0.2) is 13.6 Å². The summed E-state index contributed by atoms with van der Waals surface area (Å²) in [6.07, 6.45) is 3.92. The maximum atomic E-state index is 12.7. The number of primary sulfonamides is 1. The molecule has 4 N–H and O–H groups in total. The number of rotatable bonds is 7. The monoisotopic (exact) mass is 506 g/mol. The van der Waals surface area contributed by atoms with E-state index in [0.29, 0.717) is 34.9 Å². The Balaban J connectivity index is 1.25. The van der Waals surface area contributed by atoms with Crippen LogP contribution in [0.1, 0.15) is 31.2 Å². The lowest BCUT2D eigenvalue weighted by Gasteiger charge is -2.28. The number of nitrogens with zero attached hydrogens (tertiary/aromatic N) is 1. The second-order valence-corrected chi connectivity index (χ2v) is 11.3. The van der Waals surface area contributed by atoms with Crippen LogP contribution in [0.4, 0.5) is 0 Å². The summed E-state index contributed by atoms with van der Waals surface area (Å²) in [5.74, 6) is 0.331. The molecule has 33 heavy (non-hydrogen) atoms. The van der Waals surface area contributed by atoms with Gasteiger partial charge >= 0.3 is 0 Å². The maximum Gasteiger partial charge on any atom is 0.272 e. The molecule has 0 unspecified atom stereocenters. The van der Waals surface area contributed by atoms with Crippen molar-refractivity contribution in [1.29, 1.82) is 0 Å². The van der Waals surface area contributed by atoms with E-state index >= 15 is 0 Å². The van der Waals surface area contributed by atoms with Gasteiger partial charge in [0.15, 0.2) is 4.77 Å². The third kappa shape index (κ3) is 5.60. The molecule has 4 rings (SSSR count). The number of amides is 1. The molecule has 3 aromatic rings. The van der Waals surface area contributed by atoms with Crippen LogP contribution in [-0.4, -0.2) is 30.4 Å². The van der Waals surface area contributed by atoms with Gasteiger partial charge in [0.1, 0.15) is 4.70 Å². The first-order valence-corrected chi connectivity index (χ1v) is 13.7. The molecule has 2 aromatic heterocycles. The molecule has 1 aromatic carbocycles. The molecule has 1 aliphatic carbocycles. The number of thiophene rings is 1. The topological polar surface area (TPSA) is 127 Å². The molecule has 0 aliphatic heterocycles. The second kappa shape index (κ2) is 9.88. The fraction of sp³-hybridized carbons (Fsp3) is 0.409. The molecule has 0 saturated heterocycles. The van der Waals surface area contributed by atoms with Crippen LogP contribution < -0.4 is 16.0 Å². The number of carbonyl (C=O) groups excluding carboxylic acids is 1. The van der Waals surface area contributed by atoms with Gasteiger partial charge < -0.3 is 10.3 Å². The molecule has 0 spiro atoms. The van der Waals surface area contributed by atoms with Crippen LogP contribution in [0.25, 0.3) is 10.2 Å². The van der Waals surface area contributed by atoms with Gasteiger partial charge in [-0.3, -0.25) is 14.2 Å². The molecule has 0 bridgehead atoms. The first-order valence-electron chi connectivity index (χ1n) is 10.8. The Labute approximate surface area is 200 Å². The molecule has 1 saturated carbocycles.